The molecule has 6 atom stereocenters. The van der Waals surface area contributed by atoms with E-state index in [1.807, 2.05) is 0 Å². The molecule has 12 aliphatic rings. The number of phenols is 2. The molecule has 6 fully saturated rings. The number of carboxylic acids is 1. The summed E-state index contributed by atoms with van der Waals surface area (Å²) in [5.41, 5.74) is -5.19. The Kier molecular flexibility index (Phi) is 48.3. The smallest absolute Gasteiger partial charge is 0.507 e. The third-order valence-electron chi connectivity index (χ3n) is 25.2. The lowest BCUT2D eigenvalue weighted by atomic mass is 9.72. The number of carbonyl (C=O) groups is 22. The number of alkyl halides is 3. The lowest BCUT2D eigenvalue weighted by Gasteiger charge is -2.42. The molecule has 0 aromatic heterocycles. The number of nitrogens with zero attached hydrogens (tertiary/aromatic N) is 5. The van der Waals surface area contributed by atoms with Crippen LogP contribution in [0.3, 0.4) is 0 Å². The lowest BCUT2D eigenvalue weighted by Crippen LogP contribution is -2.56. The van der Waals surface area contributed by atoms with Crippen LogP contribution in [-0.2, 0) is 131 Å². The quantitative estimate of drug-likeness (QED) is 0.00519. The second-order valence-electron chi connectivity index (χ2n) is 34.0. The number of hydrogen-bond acceptors (Lipinski definition) is 42. The van der Waals surface area contributed by atoms with Crippen molar-refractivity contribution in [3.05, 3.63) is 100 Å². The average molecular weight is 2180 g/mol. The minimum Gasteiger partial charge on any atom is -0.507 e. The third kappa shape index (κ3) is 33.8. The molecule has 6 heterocycles. The lowest BCUT2D eigenvalue weighted by molar-refractivity contribution is -0.249. The van der Waals surface area contributed by atoms with E-state index in [4.69, 9.17) is 62.8 Å². The molecule has 800 valence electrons. The van der Waals surface area contributed by atoms with Gasteiger partial charge in [0.1, 0.15) is 35.6 Å². The number of aliphatic carboxylic acids is 1. The Hall–Kier alpha value is -12.0. The predicted octanol–water partition coefficient (Wildman–Crippen LogP) is 8.33. The number of aliphatic hydroxyl groups excluding tert-OH is 2. The normalized spacial score (nSPS) is 24.5. The van der Waals surface area contributed by atoms with Crippen molar-refractivity contribution in [3.63, 3.8) is 0 Å². The number of thiol groups is 1. The average Bonchev–Trinajstić information content (AvgIpc) is 0.895. The van der Waals surface area contributed by atoms with E-state index in [0.29, 0.717) is 102 Å². The van der Waals surface area contributed by atoms with Gasteiger partial charge < -0.3 is 88.1 Å². The number of nitrogens with one attached hydrogen (secondary N) is 1. The highest BCUT2D eigenvalue weighted by atomic mass is 35.5. The van der Waals surface area contributed by atoms with Crippen LogP contribution in [0.15, 0.2) is 66.8 Å². The molecule has 53 heteroatoms. The largest absolute Gasteiger partial charge is 0.536 e. The van der Waals surface area contributed by atoms with Crippen LogP contribution in [0.1, 0.15) is 186 Å². The molecule has 0 spiro atoms. The zero-order valence-electron chi connectivity index (χ0n) is 80.6. The Bertz CT molecular complexity index is 5220. The number of esters is 3. The highest BCUT2D eigenvalue weighted by Crippen LogP contribution is 2.53. The fourth-order valence-electron chi connectivity index (χ4n) is 17.6. The number of imide groups is 5. The monoisotopic (exact) mass is 2170 g/mol. The summed E-state index contributed by atoms with van der Waals surface area (Å²) in [6, 6.07) is 2.90. The van der Waals surface area contributed by atoms with E-state index in [1.165, 1.54) is 100 Å². The Morgan fingerprint density at radius 3 is 1.29 bits per heavy atom. The summed E-state index contributed by atoms with van der Waals surface area (Å²) >= 11 is 20.0. The summed E-state index contributed by atoms with van der Waals surface area (Å²) in [5.74, 6) is -11.0. The first kappa shape index (κ1) is 119. The van der Waals surface area contributed by atoms with Crippen molar-refractivity contribution < 1.29 is 199 Å². The van der Waals surface area contributed by atoms with Crippen molar-refractivity contribution in [2.75, 3.05) is 98.3 Å². The third-order valence-corrected chi connectivity index (χ3v) is 26.4. The summed E-state index contributed by atoms with van der Waals surface area (Å²) in [6.45, 7) is -0.0358. The molecule has 0 radical (unpaired) electrons. The molecule has 2 aromatic rings. The van der Waals surface area contributed by atoms with E-state index in [2.05, 4.69) is 53.3 Å². The number of rotatable bonds is 27. The molecule has 4 saturated carbocycles. The number of aliphatic hydroxyl groups is 3. The highest BCUT2D eigenvalue weighted by molar-refractivity contribution is 8.12. The summed E-state index contributed by atoms with van der Waals surface area (Å²) in [7, 11) is 0.287. The maximum Gasteiger partial charge on any atom is 0.536 e. The number of hydrogen-bond donors (Lipinski definition) is 8. The van der Waals surface area contributed by atoms with Crippen molar-refractivity contribution in [1.82, 2.24) is 30.0 Å². The number of fused-ring (bicyclic) bond motifs is 3. The number of ether oxygens (including phenoxy) is 11. The summed E-state index contributed by atoms with van der Waals surface area (Å²) in [5, 5.41) is 66.4. The van der Waals surface area contributed by atoms with E-state index in [0.717, 1.165) is 49.2 Å². The molecule has 2 aromatic carbocycles. The van der Waals surface area contributed by atoms with Gasteiger partial charge in [-0.3, -0.25) is 110 Å². The van der Waals surface area contributed by atoms with Crippen molar-refractivity contribution in [3.8, 4) is 17.2 Å². The predicted molar refractivity (Wildman–Crippen MR) is 507 cm³/mol. The number of carboxylic acid groups (broad SMARTS) is 1. The van der Waals surface area contributed by atoms with Gasteiger partial charge in [-0.15, -0.1) is 0 Å². The van der Waals surface area contributed by atoms with Crippen LogP contribution in [0.25, 0.3) is 0 Å². The topological polar surface area (TPSA) is 636 Å². The van der Waals surface area contributed by atoms with Crippen LogP contribution in [0, 0.1) is 47.3 Å². The van der Waals surface area contributed by atoms with Gasteiger partial charge in [0.05, 0.1) is 74.2 Å². The number of ketones is 3. The van der Waals surface area contributed by atoms with Crippen LogP contribution in [0.5, 0.6) is 17.2 Å². The van der Waals surface area contributed by atoms with Gasteiger partial charge in [0.15, 0.2) is 30.0 Å². The molecule has 46 nitrogen and oxygen atoms in total. The van der Waals surface area contributed by atoms with Crippen molar-refractivity contribution in [1.29, 1.82) is 0 Å². The number of amides is 11. The van der Waals surface area contributed by atoms with Gasteiger partial charge in [-0.05, 0) is 182 Å². The van der Waals surface area contributed by atoms with Crippen molar-refractivity contribution >= 4 is 200 Å². The molecule has 11 amide bonds. The van der Waals surface area contributed by atoms with Crippen LogP contribution in [0.2, 0.25) is 0 Å². The number of Topliss-reactive ketones (excluding diaryl/α,β-unsaturated/α-hetero) is 1. The zero-order chi connectivity index (χ0) is 109. The molecule has 146 heavy (non-hydrogen) atoms. The number of hydroxylamine groups is 2. The van der Waals surface area contributed by atoms with Gasteiger partial charge in [-0.2, -0.15) is 12.6 Å². The Morgan fingerprint density at radius 2 is 0.932 bits per heavy atom. The van der Waals surface area contributed by atoms with E-state index in [1.54, 1.807) is 18.8 Å². The standard InChI is InChI=1S/C41H44N2O17.C18H20N2O9.C15H19NO6S.C12H15NO4.C3H5ClO2S.C2H2Cl2O2.CH3F.CH4S/c1-18-34(48)23(42-40(54)58-17-57-39(53)20-8-6-19(7-9-20)15-43-27(46)10-11-28(43)47)12-29(59-18)60-25-14-41(55,26(45)16-44)13-22-31(25)38(52)33-32(36(22)50)35(49)21-4-3-5-24(56-2)30(21)37(33)51;21-13-5-6-14(22)19(13)9-11-1-3-12(4-2-11)17(25)27-10-28-18(26)29-20-15(23)7-8-16(20)24;1-23-15(20)22-9-21-14(19)11-4-2-10(3-5-11)8-16-12(17)6-7-13(16)18;14-10-5-6-11(15)13(10)7-8-1-3-9(4-2-8)12(16)17;1-7-3(5)6-2-4;3-1-6-2(4)5;2*1-2/h3-5,10-11,18-20,23,25,29,34,44,48,50,52,55H,6-9,12-17H2,1-2H3,(H,42,54);5-6,11-12H,1-4,7-10H2;6-7,10-11H,2-5,8-9H2,1H3;5-6,8-9H,1-4,7H2,(H,16,17);2H2,1H3;1H2;1H3;2H,1H3/t18-,19?,20?,23-,25-,29-,34+,41-;;;;;;;/m0......./s1/i;;;;;;1D;. The number of carbonyl (C=O) groups excluding carboxylic acids is 21. The first-order chi connectivity index (χ1) is 70.0. The Morgan fingerprint density at radius 1 is 0.548 bits per heavy atom. The maximum absolute atomic E-state index is 13.9. The zero-order valence-corrected chi connectivity index (χ0v) is 84.4. The molecular weight excluding hydrogens is 2060 g/mol. The molecule has 2 saturated heterocycles. The van der Waals surface area contributed by atoms with Gasteiger partial charge in [0, 0.05) is 135 Å². The van der Waals surface area contributed by atoms with Crippen LogP contribution in [0.4, 0.5) is 28.4 Å². The summed E-state index contributed by atoms with van der Waals surface area (Å²) in [4.78, 5) is 268. The van der Waals surface area contributed by atoms with Gasteiger partial charge in [0.2, 0.25) is 26.2 Å². The molecule has 6 aliphatic carbocycles. The van der Waals surface area contributed by atoms with Crippen LogP contribution >= 0.6 is 71.0 Å². The van der Waals surface area contributed by atoms with E-state index >= 15 is 0 Å². The number of alkyl carbamates (subject to hydrolysis) is 1. The molecular formula is C93H112Cl3FN6O40S3. The fourth-order valence-corrected chi connectivity index (χ4v) is 18.3. The Labute approximate surface area is 864 Å². The number of benzene rings is 2. The number of phenolic OH excluding ortho intramolecular Hbond substituents is 2. The number of halogens is 4. The summed E-state index contributed by atoms with van der Waals surface area (Å²) in [6.07, 6.45) is 15.7. The highest BCUT2D eigenvalue weighted by Gasteiger charge is 2.52. The second kappa shape index (κ2) is 59.1. The van der Waals surface area contributed by atoms with E-state index < -0.39 is 175 Å². The molecule has 14 rings (SSSR count). The first-order valence-corrected chi connectivity index (χ1v) is 50.2. The SMILES string of the molecule is COc1cccc2c1C(=O)c1c(O)c3c(c(O)c1C2=O)C[C@@](O)(C(=O)CO)C[C@@H]3O[C@H]1C[C@H](NC(=O)OCOC(=O)C2CCC(CN3C(=O)C=CC3=O)CC2)[C@H](O)[C@H](C)O1.CS.CSC(=O)OCCl.CSC(=O)OCOC(=O)C1CCC(CN2C(=O)C=CC2=O)CC1.O=C(Cl)OCCl.O=C(O)C1CCC(CN2C(=O)C=CC2=O)CC1.O=C(OCOC(=O)C1CCC(CN2C(=O)C=CC2=O)CC1)ON1C(=O)CCC1=O.[2H]CF. The number of thioether (sulfide) groups is 2. The van der Waals surface area contributed by atoms with E-state index in [9.17, 15) is 135 Å². The second-order valence-corrected chi connectivity index (χ2v) is 36.2. The summed E-state index contributed by atoms with van der Waals surface area (Å²) < 4.78 is 70.4. The Balaban J connectivity index is 0.000000278. The number of aromatic hydroxyl groups is 2. The van der Waals surface area contributed by atoms with Crippen LogP contribution in [-0.4, -0.2) is 312 Å². The minimum atomic E-state index is -2.39. The van der Waals surface area contributed by atoms with Gasteiger partial charge in [0.25, 0.3) is 59.1 Å². The fraction of sp³-hybridized carbons (Fsp3) is 0.548. The van der Waals surface area contributed by atoms with E-state index in [-0.39, 0.29) is 173 Å². The maximum atomic E-state index is 13.9. The minimum absolute atomic E-state index is 0.0342. The molecule has 7 N–H and O–H groups in total. The number of methoxy groups -OCH3 is 1. The van der Waals surface area contributed by atoms with Crippen LogP contribution < -0.4 is 10.1 Å². The first-order valence-electron chi connectivity index (χ1n) is 46.1. The van der Waals surface area contributed by atoms with Gasteiger partial charge in [-0.25, -0.2) is 24.0 Å². The molecule has 0 bridgehead atoms. The molecule has 0 unspecified atom stereocenters. The van der Waals surface area contributed by atoms with Gasteiger partial charge in [-0.1, -0.05) is 40.4 Å². The van der Waals surface area contributed by atoms with Gasteiger partial charge >= 0.3 is 52.2 Å². The molecule has 6 aliphatic heterocycles. The van der Waals surface area contributed by atoms with Crippen molar-refractivity contribution in [2.24, 2.45) is 47.3 Å². The van der Waals surface area contributed by atoms with Crippen molar-refractivity contribution in [2.45, 2.75) is 178 Å².